The zero-order chi connectivity index (χ0) is 41.2. The number of pyridine rings is 1. The first kappa shape index (κ1) is 38.5. The molecule has 0 spiro atoms. The number of nitrogen functional groups attached to an aromatic ring is 1. The smallest absolute Gasteiger partial charge is 0.251 e. The van der Waals surface area contributed by atoms with Gasteiger partial charge in [0.05, 0.1) is 24.2 Å². The van der Waals surface area contributed by atoms with Crippen LogP contribution in [0.5, 0.6) is 11.5 Å². The fourth-order valence-electron chi connectivity index (χ4n) is 8.25. The minimum absolute atomic E-state index is 0.0624. The van der Waals surface area contributed by atoms with Crippen molar-refractivity contribution < 1.29 is 9.53 Å². The summed E-state index contributed by atoms with van der Waals surface area (Å²) < 4.78 is 11.3. The van der Waals surface area contributed by atoms with Gasteiger partial charge in [0, 0.05) is 67.8 Å². The summed E-state index contributed by atoms with van der Waals surface area (Å²) in [7, 11) is 0. The Hall–Kier alpha value is -7.03. The van der Waals surface area contributed by atoms with Crippen LogP contribution < -0.4 is 26.2 Å². The minimum atomic E-state index is -0.213. The summed E-state index contributed by atoms with van der Waals surface area (Å²) in [4.78, 5) is 45.2. The Bertz CT molecular complexity index is 2730. The third-order valence-electron chi connectivity index (χ3n) is 11.4. The average molecular weight is 805 g/mol. The van der Waals surface area contributed by atoms with Crippen LogP contribution >= 0.6 is 0 Å². The van der Waals surface area contributed by atoms with Crippen molar-refractivity contribution in [1.29, 1.82) is 0 Å². The fourth-order valence-corrected chi connectivity index (χ4v) is 8.25. The van der Waals surface area contributed by atoms with Crippen LogP contribution in [0.1, 0.15) is 56.2 Å². The highest BCUT2D eigenvalue weighted by Gasteiger charge is 2.30. The van der Waals surface area contributed by atoms with Gasteiger partial charge >= 0.3 is 0 Å². The van der Waals surface area contributed by atoms with E-state index in [1.165, 1.54) is 18.8 Å². The number of benzene rings is 2. The predicted molar refractivity (Wildman–Crippen MR) is 232 cm³/mol. The SMILES string of the molecule is C=C(Cn1cc(CNc2cc(N3CCCCC3)nc3c(CC)cnn23)ccc1=O)C(=O)N1CCC[C@@H](n2nc(-c3ccc(Oc4ccccc4)cc3)c3c(N)ncnc32)C1. The second-order valence-corrected chi connectivity index (χ2v) is 15.5. The van der Waals surface area contributed by atoms with E-state index in [1.807, 2.05) is 76.1 Å². The molecule has 2 aromatic carbocycles. The van der Waals surface area contributed by atoms with E-state index in [-0.39, 0.29) is 24.1 Å². The lowest BCUT2D eigenvalue weighted by atomic mass is 10.0. The lowest BCUT2D eigenvalue weighted by Gasteiger charge is -2.33. The molecule has 306 valence electrons. The van der Waals surface area contributed by atoms with Crippen molar-refractivity contribution in [1.82, 2.24) is 43.8 Å². The third-order valence-corrected chi connectivity index (χ3v) is 11.4. The van der Waals surface area contributed by atoms with Gasteiger partial charge in [-0.1, -0.05) is 37.8 Å². The van der Waals surface area contributed by atoms with Crippen LogP contribution in [0.4, 0.5) is 17.5 Å². The van der Waals surface area contributed by atoms with Crippen LogP contribution in [-0.4, -0.2) is 75.9 Å². The van der Waals surface area contributed by atoms with Gasteiger partial charge in [-0.15, -0.1) is 0 Å². The number of hydrogen-bond acceptors (Lipinski definition) is 11. The Morgan fingerprint density at radius 2 is 1.75 bits per heavy atom. The number of ether oxygens (including phenoxy) is 1. The number of nitrogens with zero attached hydrogens (tertiary/aromatic N) is 10. The molecule has 15 nitrogen and oxygen atoms in total. The summed E-state index contributed by atoms with van der Waals surface area (Å²) in [5.41, 5.74) is 11.5. The highest BCUT2D eigenvalue weighted by molar-refractivity contribution is 5.98. The summed E-state index contributed by atoms with van der Waals surface area (Å²) in [6.45, 7) is 9.70. The molecular formula is C45H48N12O3. The van der Waals surface area contributed by atoms with Gasteiger partial charge < -0.3 is 30.2 Å². The first-order chi connectivity index (χ1) is 29.3. The van der Waals surface area contributed by atoms with Gasteiger partial charge in [0.1, 0.15) is 41.0 Å². The zero-order valence-electron chi connectivity index (χ0n) is 33.7. The molecule has 2 saturated heterocycles. The molecule has 0 aliphatic carbocycles. The summed E-state index contributed by atoms with van der Waals surface area (Å²) in [6, 6.07) is 22.5. The molecule has 3 N–H and O–H groups in total. The molecule has 2 aliphatic heterocycles. The number of hydrogen-bond donors (Lipinski definition) is 2. The number of rotatable bonds is 12. The Morgan fingerprint density at radius 3 is 2.55 bits per heavy atom. The highest BCUT2D eigenvalue weighted by atomic mass is 16.5. The summed E-state index contributed by atoms with van der Waals surface area (Å²) in [5, 5.41) is 13.9. The maximum absolute atomic E-state index is 14.0. The molecule has 7 aromatic rings. The number of para-hydroxylation sites is 1. The number of aryl methyl sites for hydroxylation is 1. The maximum Gasteiger partial charge on any atom is 0.251 e. The van der Waals surface area contributed by atoms with Gasteiger partial charge in [0.2, 0.25) is 0 Å². The largest absolute Gasteiger partial charge is 0.457 e. The molecule has 0 unspecified atom stereocenters. The van der Waals surface area contributed by atoms with E-state index in [9.17, 15) is 9.59 Å². The van der Waals surface area contributed by atoms with Crippen LogP contribution in [-0.2, 0) is 24.3 Å². The maximum atomic E-state index is 14.0. The standard InChI is InChI=1S/C45H48N12O3/c1-3-32-25-50-57-37(23-38(51-43(32)57)53-20-8-5-9-21-53)47-24-31-14-19-39(58)55(27-31)26-30(2)45(59)54-22-10-11-34(28-54)56-44-40(42(46)48-29-49-44)41(52-56)33-15-17-36(18-16-33)60-35-12-6-4-7-13-35/h4,6-7,12-19,23,25,27,29,34,47H,2-3,5,8-11,20-22,24,26,28H2,1H3,(H2,46,48,49)/t34-/m1/s1. The number of aromatic nitrogens is 8. The number of nitrogens with one attached hydrogen (secondary N) is 1. The van der Waals surface area contributed by atoms with Gasteiger partial charge in [-0.3, -0.25) is 9.59 Å². The number of fused-ring (bicyclic) bond motifs is 2. The number of anilines is 3. The van der Waals surface area contributed by atoms with Crippen LogP contribution in [0.2, 0.25) is 0 Å². The molecule has 7 heterocycles. The van der Waals surface area contributed by atoms with Crippen molar-refractivity contribution in [2.24, 2.45) is 0 Å². The number of piperidine rings is 2. The Morgan fingerprint density at radius 1 is 0.950 bits per heavy atom. The second kappa shape index (κ2) is 16.7. The van der Waals surface area contributed by atoms with E-state index in [2.05, 4.69) is 44.9 Å². The summed E-state index contributed by atoms with van der Waals surface area (Å²) in [5.74, 6) is 3.33. The van der Waals surface area contributed by atoms with Gasteiger partial charge in [-0.25, -0.2) is 19.6 Å². The van der Waals surface area contributed by atoms with E-state index in [0.717, 1.165) is 84.9 Å². The molecular weight excluding hydrogens is 757 g/mol. The Labute approximate surface area is 347 Å². The van der Waals surface area contributed by atoms with Crippen LogP contribution in [0.25, 0.3) is 27.9 Å². The molecule has 1 amide bonds. The Balaban J connectivity index is 0.893. The van der Waals surface area contributed by atoms with Crippen LogP contribution in [0.3, 0.4) is 0 Å². The molecule has 1 atom stereocenters. The first-order valence-corrected chi connectivity index (χ1v) is 20.7. The van der Waals surface area contributed by atoms with Gasteiger partial charge in [-0.2, -0.15) is 14.7 Å². The van der Waals surface area contributed by atoms with Crippen LogP contribution in [0, 0.1) is 0 Å². The lowest BCUT2D eigenvalue weighted by Crippen LogP contribution is -2.42. The molecule has 15 heteroatoms. The molecule has 2 aliphatic rings. The molecule has 2 fully saturated rings. The fraction of sp³-hybridized carbons (Fsp3) is 0.311. The monoisotopic (exact) mass is 804 g/mol. The van der Waals surface area contributed by atoms with Crippen molar-refractivity contribution in [3.63, 3.8) is 0 Å². The molecule has 0 radical (unpaired) electrons. The third kappa shape index (κ3) is 7.77. The van der Waals surface area contributed by atoms with E-state index in [1.54, 1.807) is 15.7 Å². The Kier molecular flexibility index (Phi) is 10.7. The normalized spacial score (nSPS) is 15.7. The van der Waals surface area contributed by atoms with Crippen molar-refractivity contribution >= 4 is 40.0 Å². The molecule has 0 bridgehead atoms. The van der Waals surface area contributed by atoms with Crippen molar-refractivity contribution in [2.45, 2.75) is 64.6 Å². The van der Waals surface area contributed by atoms with Crippen molar-refractivity contribution in [2.75, 3.05) is 42.1 Å². The van der Waals surface area contributed by atoms with Crippen molar-refractivity contribution in [3.8, 4) is 22.8 Å². The number of nitrogens with two attached hydrogens (primary N) is 1. The molecule has 60 heavy (non-hydrogen) atoms. The lowest BCUT2D eigenvalue weighted by molar-refractivity contribution is -0.129. The molecule has 9 rings (SSSR count). The highest BCUT2D eigenvalue weighted by Crippen LogP contribution is 2.35. The minimum Gasteiger partial charge on any atom is -0.457 e. The number of carbonyl (C=O) groups excluding carboxylic acids is 1. The van der Waals surface area contributed by atoms with E-state index >= 15 is 0 Å². The number of amides is 1. The molecule has 0 saturated carbocycles. The first-order valence-electron chi connectivity index (χ1n) is 20.7. The quantitative estimate of drug-likeness (QED) is 0.127. The van der Waals surface area contributed by atoms with Crippen molar-refractivity contribution in [3.05, 3.63) is 125 Å². The van der Waals surface area contributed by atoms with Gasteiger partial charge in [0.25, 0.3) is 11.5 Å². The predicted octanol–water partition coefficient (Wildman–Crippen LogP) is 6.66. The summed E-state index contributed by atoms with van der Waals surface area (Å²) in [6.07, 6.45) is 11.0. The summed E-state index contributed by atoms with van der Waals surface area (Å²) >= 11 is 0. The van der Waals surface area contributed by atoms with Gasteiger partial charge in [0.15, 0.2) is 11.3 Å². The van der Waals surface area contributed by atoms with Gasteiger partial charge in [-0.05, 0) is 80.5 Å². The van der Waals surface area contributed by atoms with E-state index < -0.39 is 0 Å². The number of carbonyl (C=O) groups is 1. The van der Waals surface area contributed by atoms with E-state index in [4.69, 9.17) is 20.6 Å². The van der Waals surface area contributed by atoms with Crippen LogP contribution in [0.15, 0.2) is 108 Å². The topological polar surface area (TPSA) is 167 Å². The molecule has 5 aromatic heterocycles. The van der Waals surface area contributed by atoms with E-state index in [0.29, 0.717) is 53.5 Å². The second-order valence-electron chi connectivity index (χ2n) is 15.5. The average Bonchev–Trinajstić information content (AvgIpc) is 3.90. The zero-order valence-corrected chi connectivity index (χ0v) is 33.7. The number of likely N-dealkylation sites (tertiary alicyclic amines) is 1.